The molecule has 0 fully saturated rings. The third-order valence-electron chi connectivity index (χ3n) is 6.61. The van der Waals surface area contributed by atoms with E-state index in [1.54, 1.807) is 0 Å². The number of ether oxygens (including phenoxy) is 1. The van der Waals surface area contributed by atoms with Crippen molar-refractivity contribution in [3.63, 3.8) is 0 Å². The number of rotatable bonds is 24. The van der Waals surface area contributed by atoms with Crippen LogP contribution in [0.4, 0.5) is 0 Å². The maximum Gasteiger partial charge on any atom is 0.305 e. The van der Waals surface area contributed by atoms with Gasteiger partial charge in [-0.25, -0.2) is 0 Å². The third kappa shape index (κ3) is 23.7. The van der Waals surface area contributed by atoms with Gasteiger partial charge in [0.1, 0.15) is 0 Å². The first kappa shape index (κ1) is 29.5. The lowest BCUT2D eigenvalue weighted by Gasteiger charge is -2.10. The minimum Gasteiger partial charge on any atom is -0.469 e. The van der Waals surface area contributed by atoms with E-state index in [-0.39, 0.29) is 5.97 Å². The van der Waals surface area contributed by atoms with Crippen LogP contribution in [0.3, 0.4) is 0 Å². The highest BCUT2D eigenvalue weighted by Crippen LogP contribution is 2.18. The summed E-state index contributed by atoms with van der Waals surface area (Å²) in [5, 5.41) is 0. The first-order valence-corrected chi connectivity index (χ1v) is 13.8. The minimum atomic E-state index is -0.0619. The third-order valence-corrected chi connectivity index (χ3v) is 6.61. The van der Waals surface area contributed by atoms with Crippen molar-refractivity contribution in [1.82, 2.24) is 0 Å². The van der Waals surface area contributed by atoms with Gasteiger partial charge in [0.2, 0.25) is 0 Å². The molecule has 0 N–H and O–H groups in total. The predicted octanol–water partition coefficient (Wildman–Crippen LogP) is 9.79. The Kier molecular flexibility index (Phi) is 24.3. The zero-order valence-electron chi connectivity index (χ0n) is 21.2. The molecule has 0 rings (SSSR count). The zero-order valence-corrected chi connectivity index (χ0v) is 21.2. The summed E-state index contributed by atoms with van der Waals surface area (Å²) in [5.41, 5.74) is 0. The van der Waals surface area contributed by atoms with E-state index in [0.29, 0.717) is 6.42 Å². The topological polar surface area (TPSA) is 26.3 Å². The van der Waals surface area contributed by atoms with Crippen LogP contribution in [0.15, 0.2) is 0 Å². The summed E-state index contributed by atoms with van der Waals surface area (Å²) in [5.74, 6) is 0.891. The standard InChI is InChI=1S/C28H56O2/c1-4-5-21-24-27(2)25-22-19-17-15-13-11-9-7-6-8-10-12-14-16-18-20-23-26-28(29)30-3/h27H,4-26H2,1-3H3. The van der Waals surface area contributed by atoms with Gasteiger partial charge in [-0.1, -0.05) is 149 Å². The number of methoxy groups -OCH3 is 1. The molecule has 1 atom stereocenters. The fourth-order valence-electron chi connectivity index (χ4n) is 4.40. The van der Waals surface area contributed by atoms with E-state index in [1.807, 2.05) is 0 Å². The summed E-state index contributed by atoms with van der Waals surface area (Å²) in [4.78, 5) is 11.0. The van der Waals surface area contributed by atoms with Crippen molar-refractivity contribution in [2.75, 3.05) is 7.11 Å². The van der Waals surface area contributed by atoms with Crippen LogP contribution in [0, 0.1) is 5.92 Å². The first-order chi connectivity index (χ1) is 14.7. The zero-order chi connectivity index (χ0) is 22.1. The van der Waals surface area contributed by atoms with Crippen LogP contribution >= 0.6 is 0 Å². The molecule has 0 amide bonds. The fraction of sp³-hybridized carbons (Fsp3) is 0.964. The molecule has 30 heavy (non-hydrogen) atoms. The molecule has 180 valence electrons. The van der Waals surface area contributed by atoms with Crippen LogP contribution < -0.4 is 0 Å². The Morgan fingerprint density at radius 3 is 1.27 bits per heavy atom. The Balaban J connectivity index is 3.09. The second kappa shape index (κ2) is 24.7. The number of esters is 1. The monoisotopic (exact) mass is 424 g/mol. The summed E-state index contributed by atoms with van der Waals surface area (Å²) >= 11 is 0. The normalized spacial score (nSPS) is 12.2. The molecule has 0 aliphatic heterocycles. The Hall–Kier alpha value is -0.530. The molecule has 2 heteroatoms. The van der Waals surface area contributed by atoms with Crippen molar-refractivity contribution in [3.05, 3.63) is 0 Å². The molecular weight excluding hydrogens is 368 g/mol. The second-order valence-electron chi connectivity index (χ2n) is 9.73. The average molecular weight is 425 g/mol. The lowest BCUT2D eigenvalue weighted by atomic mass is 9.96. The Morgan fingerprint density at radius 1 is 0.567 bits per heavy atom. The lowest BCUT2D eigenvalue weighted by Crippen LogP contribution is -1.99. The molecule has 0 radical (unpaired) electrons. The molecule has 2 nitrogen and oxygen atoms in total. The average Bonchev–Trinajstić information content (AvgIpc) is 2.75. The van der Waals surface area contributed by atoms with Gasteiger partial charge in [0.05, 0.1) is 7.11 Å². The SMILES string of the molecule is CCCCCC(C)CCCCCCCCCCCCCCCCCCCC(=O)OC. The van der Waals surface area contributed by atoms with Gasteiger partial charge >= 0.3 is 5.97 Å². The van der Waals surface area contributed by atoms with Crippen molar-refractivity contribution in [2.24, 2.45) is 5.92 Å². The van der Waals surface area contributed by atoms with Gasteiger partial charge in [0, 0.05) is 6.42 Å². The van der Waals surface area contributed by atoms with E-state index in [0.717, 1.165) is 12.3 Å². The van der Waals surface area contributed by atoms with Gasteiger partial charge in [0.15, 0.2) is 0 Å². The number of carbonyl (C=O) groups excluding carboxylic acids is 1. The van der Waals surface area contributed by atoms with E-state index in [1.165, 1.54) is 142 Å². The van der Waals surface area contributed by atoms with E-state index in [2.05, 4.69) is 18.6 Å². The molecule has 0 bridgehead atoms. The number of hydrogen-bond acceptors (Lipinski definition) is 2. The predicted molar refractivity (Wildman–Crippen MR) is 133 cm³/mol. The second-order valence-corrected chi connectivity index (χ2v) is 9.73. The number of carbonyl (C=O) groups is 1. The number of hydrogen-bond donors (Lipinski definition) is 0. The fourth-order valence-corrected chi connectivity index (χ4v) is 4.40. The molecule has 0 heterocycles. The quantitative estimate of drug-likeness (QED) is 0.114. The molecule has 0 aliphatic carbocycles. The first-order valence-electron chi connectivity index (χ1n) is 13.8. The Morgan fingerprint density at radius 2 is 0.900 bits per heavy atom. The Labute approximate surface area is 190 Å². The molecule has 0 saturated carbocycles. The van der Waals surface area contributed by atoms with Gasteiger partial charge in [-0.15, -0.1) is 0 Å². The highest BCUT2D eigenvalue weighted by atomic mass is 16.5. The van der Waals surface area contributed by atoms with Crippen molar-refractivity contribution < 1.29 is 9.53 Å². The van der Waals surface area contributed by atoms with Gasteiger partial charge in [-0.2, -0.15) is 0 Å². The smallest absolute Gasteiger partial charge is 0.305 e. The largest absolute Gasteiger partial charge is 0.469 e. The maximum absolute atomic E-state index is 11.0. The summed E-state index contributed by atoms with van der Waals surface area (Å²) in [6, 6.07) is 0. The molecule has 0 aromatic carbocycles. The van der Waals surface area contributed by atoms with Crippen LogP contribution in [-0.4, -0.2) is 13.1 Å². The van der Waals surface area contributed by atoms with E-state index in [4.69, 9.17) is 0 Å². The van der Waals surface area contributed by atoms with Crippen LogP contribution in [0.25, 0.3) is 0 Å². The maximum atomic E-state index is 11.0. The molecule has 0 aliphatic rings. The van der Waals surface area contributed by atoms with Gasteiger partial charge in [-0.3, -0.25) is 4.79 Å². The molecule has 0 aromatic heterocycles. The lowest BCUT2D eigenvalue weighted by molar-refractivity contribution is -0.140. The molecule has 1 unspecified atom stereocenters. The molecule has 0 spiro atoms. The highest BCUT2D eigenvalue weighted by Gasteiger charge is 2.02. The van der Waals surface area contributed by atoms with Crippen LogP contribution in [0.2, 0.25) is 0 Å². The Bertz CT molecular complexity index is 340. The summed E-state index contributed by atoms with van der Waals surface area (Å²) in [6.45, 7) is 4.75. The number of unbranched alkanes of at least 4 members (excludes halogenated alkanes) is 18. The van der Waals surface area contributed by atoms with Crippen molar-refractivity contribution in [1.29, 1.82) is 0 Å². The van der Waals surface area contributed by atoms with E-state index >= 15 is 0 Å². The minimum absolute atomic E-state index is 0.0619. The summed E-state index contributed by atoms with van der Waals surface area (Å²) < 4.78 is 4.66. The van der Waals surface area contributed by atoms with Crippen LogP contribution in [0.1, 0.15) is 162 Å². The van der Waals surface area contributed by atoms with Gasteiger partial charge in [0.25, 0.3) is 0 Å². The summed E-state index contributed by atoms with van der Waals surface area (Å²) in [6.07, 6.45) is 31.2. The van der Waals surface area contributed by atoms with Gasteiger partial charge in [-0.05, 0) is 12.3 Å². The summed E-state index contributed by atoms with van der Waals surface area (Å²) in [7, 11) is 1.47. The molecular formula is C28H56O2. The molecule has 0 aromatic rings. The van der Waals surface area contributed by atoms with Gasteiger partial charge < -0.3 is 4.74 Å². The van der Waals surface area contributed by atoms with Crippen molar-refractivity contribution in [3.8, 4) is 0 Å². The van der Waals surface area contributed by atoms with Crippen LogP contribution in [0.5, 0.6) is 0 Å². The van der Waals surface area contributed by atoms with Crippen LogP contribution in [-0.2, 0) is 9.53 Å². The van der Waals surface area contributed by atoms with E-state index in [9.17, 15) is 4.79 Å². The van der Waals surface area contributed by atoms with Crippen molar-refractivity contribution in [2.45, 2.75) is 162 Å². The van der Waals surface area contributed by atoms with Crippen molar-refractivity contribution >= 4 is 5.97 Å². The van der Waals surface area contributed by atoms with E-state index < -0.39 is 0 Å². The highest BCUT2D eigenvalue weighted by molar-refractivity contribution is 5.68. The molecule has 0 saturated heterocycles.